The first-order chi connectivity index (χ1) is 16.6. The zero-order valence-corrected chi connectivity index (χ0v) is 21.6. The average Bonchev–Trinajstić information content (AvgIpc) is 3.40. The van der Waals surface area contributed by atoms with Crippen LogP contribution in [0.5, 0.6) is 0 Å². The van der Waals surface area contributed by atoms with E-state index in [0.717, 1.165) is 44.3 Å². The zero-order valence-electron chi connectivity index (χ0n) is 20.0. The first-order valence-electron chi connectivity index (χ1n) is 11.4. The molecule has 0 fully saturated rings. The van der Waals surface area contributed by atoms with Gasteiger partial charge in [0.25, 0.3) is 0 Å². The van der Waals surface area contributed by atoms with Crippen molar-refractivity contribution in [3.05, 3.63) is 76.1 Å². The molecule has 0 unspecified atom stereocenters. The molecule has 0 spiro atoms. The van der Waals surface area contributed by atoms with Crippen LogP contribution in [0.25, 0.3) is 21.3 Å². The van der Waals surface area contributed by atoms with Gasteiger partial charge in [0, 0.05) is 28.9 Å². The minimum Gasteiger partial charge on any atom is -0.479 e. The van der Waals surface area contributed by atoms with Gasteiger partial charge in [0.15, 0.2) is 11.2 Å². The SMILES string of the molecule is Cc1cc2nc(N3Cc4cccnc4C3)sc2c(-c2ccc(Cl)cc2)c1[C@H](OC(C)(C)C)C(=O)O. The molecule has 2 aromatic carbocycles. The summed E-state index contributed by atoms with van der Waals surface area (Å²) in [5.41, 5.74) is 5.62. The van der Waals surface area contributed by atoms with Crippen LogP contribution in [0, 0.1) is 6.92 Å². The molecule has 0 radical (unpaired) electrons. The fourth-order valence-electron chi connectivity index (χ4n) is 4.50. The van der Waals surface area contributed by atoms with Crippen LogP contribution in [0.4, 0.5) is 5.13 Å². The fourth-order valence-corrected chi connectivity index (χ4v) is 5.75. The lowest BCUT2D eigenvalue weighted by atomic mass is 9.91. The maximum Gasteiger partial charge on any atom is 0.337 e. The van der Waals surface area contributed by atoms with Crippen LogP contribution in [0.3, 0.4) is 0 Å². The second kappa shape index (κ2) is 8.90. The van der Waals surface area contributed by atoms with E-state index in [2.05, 4.69) is 16.0 Å². The number of aromatic nitrogens is 2. The van der Waals surface area contributed by atoms with Crippen LogP contribution in [-0.4, -0.2) is 26.6 Å². The highest BCUT2D eigenvalue weighted by Gasteiger charge is 2.33. The number of hydrogen-bond donors (Lipinski definition) is 1. The van der Waals surface area contributed by atoms with Crippen LogP contribution < -0.4 is 4.90 Å². The van der Waals surface area contributed by atoms with Crippen LogP contribution in [0.15, 0.2) is 48.7 Å². The van der Waals surface area contributed by atoms with Gasteiger partial charge in [-0.2, -0.15) is 0 Å². The second-order valence-electron chi connectivity index (χ2n) is 9.75. The number of aryl methyl sites for hydroxylation is 1. The lowest BCUT2D eigenvalue weighted by Crippen LogP contribution is -2.28. The number of hydrogen-bond acceptors (Lipinski definition) is 6. The van der Waals surface area contributed by atoms with Crippen LogP contribution in [-0.2, 0) is 22.6 Å². The molecule has 4 aromatic rings. The Bertz CT molecular complexity index is 1400. The molecule has 1 atom stereocenters. The van der Waals surface area contributed by atoms with Gasteiger partial charge in [-0.05, 0) is 68.7 Å². The lowest BCUT2D eigenvalue weighted by molar-refractivity contribution is -0.160. The van der Waals surface area contributed by atoms with E-state index in [4.69, 9.17) is 21.3 Å². The van der Waals surface area contributed by atoms with Crippen LogP contribution in [0.1, 0.15) is 49.3 Å². The second-order valence-corrected chi connectivity index (χ2v) is 11.2. The summed E-state index contributed by atoms with van der Waals surface area (Å²) in [6.45, 7) is 8.96. The summed E-state index contributed by atoms with van der Waals surface area (Å²) in [5.74, 6) is -1.02. The van der Waals surface area contributed by atoms with Gasteiger partial charge in [-0.15, -0.1) is 0 Å². The van der Waals surface area contributed by atoms with E-state index in [1.54, 1.807) is 11.3 Å². The van der Waals surface area contributed by atoms with Gasteiger partial charge in [0.05, 0.1) is 28.1 Å². The molecular formula is C27H26ClN3O3S. The van der Waals surface area contributed by atoms with Crippen molar-refractivity contribution >= 4 is 44.3 Å². The molecule has 1 N–H and O–H groups in total. The predicted molar refractivity (Wildman–Crippen MR) is 140 cm³/mol. The molecule has 0 bridgehead atoms. The van der Waals surface area contributed by atoms with Crippen LogP contribution in [0.2, 0.25) is 5.02 Å². The molecule has 180 valence electrons. The minimum absolute atomic E-state index is 0.618. The zero-order chi connectivity index (χ0) is 24.9. The number of anilines is 1. The van der Waals surface area contributed by atoms with Gasteiger partial charge in [-0.1, -0.05) is 41.1 Å². The summed E-state index contributed by atoms with van der Waals surface area (Å²) in [6, 6.07) is 13.5. The third-order valence-corrected chi connectivity index (χ3v) is 7.37. The minimum atomic E-state index is -1.13. The van der Waals surface area contributed by atoms with Crippen molar-refractivity contribution in [2.75, 3.05) is 4.90 Å². The third-order valence-electron chi connectivity index (χ3n) is 5.96. The number of carboxylic acids is 1. The van der Waals surface area contributed by atoms with Gasteiger partial charge < -0.3 is 14.7 Å². The first kappa shape index (κ1) is 23.7. The Morgan fingerprint density at radius 2 is 1.94 bits per heavy atom. The first-order valence-corrected chi connectivity index (χ1v) is 12.6. The maximum atomic E-state index is 12.5. The molecule has 1 aliphatic rings. The molecule has 6 nitrogen and oxygen atoms in total. The number of benzene rings is 2. The number of carboxylic acid groups (broad SMARTS) is 1. The fraction of sp³-hybridized carbons (Fsp3) is 0.296. The van der Waals surface area contributed by atoms with E-state index in [1.165, 1.54) is 5.56 Å². The Balaban J connectivity index is 1.71. The Morgan fingerprint density at radius 1 is 1.20 bits per heavy atom. The highest BCUT2D eigenvalue weighted by molar-refractivity contribution is 7.22. The molecule has 2 aromatic heterocycles. The Morgan fingerprint density at radius 3 is 2.60 bits per heavy atom. The number of thiazole rings is 1. The average molecular weight is 508 g/mol. The van der Waals surface area contributed by atoms with Crippen molar-refractivity contribution in [1.82, 2.24) is 9.97 Å². The highest BCUT2D eigenvalue weighted by atomic mass is 35.5. The summed E-state index contributed by atoms with van der Waals surface area (Å²) in [6.07, 6.45) is 0.687. The van der Waals surface area contributed by atoms with Gasteiger partial charge in [-0.25, -0.2) is 9.78 Å². The van der Waals surface area contributed by atoms with Gasteiger partial charge in [-0.3, -0.25) is 4.98 Å². The van der Waals surface area contributed by atoms with Gasteiger partial charge >= 0.3 is 5.97 Å². The van der Waals surface area contributed by atoms with Gasteiger partial charge in [0.2, 0.25) is 0 Å². The predicted octanol–water partition coefficient (Wildman–Crippen LogP) is 6.78. The molecule has 0 amide bonds. The molecule has 0 saturated heterocycles. The molecule has 3 heterocycles. The molecule has 0 saturated carbocycles. The van der Waals surface area contributed by atoms with E-state index in [9.17, 15) is 9.90 Å². The Labute approximate surface area is 213 Å². The number of aliphatic carboxylic acids is 1. The number of nitrogens with zero attached hydrogens (tertiary/aromatic N) is 3. The smallest absolute Gasteiger partial charge is 0.337 e. The molecule has 0 aliphatic carbocycles. The Hall–Kier alpha value is -3.00. The number of pyridine rings is 1. The highest BCUT2D eigenvalue weighted by Crippen LogP contribution is 2.45. The number of ether oxygens (including phenoxy) is 1. The maximum absolute atomic E-state index is 12.5. The van der Waals surface area contributed by atoms with E-state index in [-0.39, 0.29) is 0 Å². The van der Waals surface area contributed by atoms with E-state index < -0.39 is 17.7 Å². The van der Waals surface area contributed by atoms with Crippen molar-refractivity contribution < 1.29 is 14.6 Å². The van der Waals surface area contributed by atoms with E-state index >= 15 is 0 Å². The van der Waals surface area contributed by atoms with Crippen molar-refractivity contribution in [2.45, 2.75) is 52.5 Å². The van der Waals surface area contributed by atoms with Crippen molar-refractivity contribution in [3.8, 4) is 11.1 Å². The number of carbonyl (C=O) groups is 1. The number of rotatable bonds is 5. The summed E-state index contributed by atoms with van der Waals surface area (Å²) in [5, 5.41) is 11.7. The van der Waals surface area contributed by atoms with Crippen LogP contribution >= 0.6 is 22.9 Å². The topological polar surface area (TPSA) is 75.5 Å². The Kier molecular flexibility index (Phi) is 6.03. The van der Waals surface area contributed by atoms with Crippen molar-refractivity contribution in [3.63, 3.8) is 0 Å². The lowest BCUT2D eigenvalue weighted by Gasteiger charge is -2.28. The standard InChI is InChI=1S/C27H26ClN3O3S/c1-15-12-19-24(35-26(30-19)31-13-17-6-5-11-29-20(17)14-31)22(16-7-9-18(28)10-8-16)21(15)23(25(32)33)34-27(2,3)4/h5-12,23H,13-14H2,1-4H3,(H,32,33)/t23-/m0/s1. The summed E-state index contributed by atoms with van der Waals surface area (Å²) >= 11 is 7.75. The quantitative estimate of drug-likeness (QED) is 0.321. The molecule has 35 heavy (non-hydrogen) atoms. The monoisotopic (exact) mass is 507 g/mol. The largest absolute Gasteiger partial charge is 0.479 e. The summed E-state index contributed by atoms with van der Waals surface area (Å²) in [4.78, 5) is 24.2. The molecule has 5 rings (SSSR count). The van der Waals surface area contributed by atoms with E-state index in [0.29, 0.717) is 17.1 Å². The third kappa shape index (κ3) is 4.63. The van der Waals surface area contributed by atoms with Gasteiger partial charge in [0.1, 0.15) is 0 Å². The molecule has 1 aliphatic heterocycles. The number of fused-ring (bicyclic) bond motifs is 2. The van der Waals surface area contributed by atoms with Crippen molar-refractivity contribution in [1.29, 1.82) is 0 Å². The van der Waals surface area contributed by atoms with E-state index in [1.807, 2.05) is 70.3 Å². The molecular weight excluding hydrogens is 482 g/mol. The summed E-state index contributed by atoms with van der Waals surface area (Å²) in [7, 11) is 0. The van der Waals surface area contributed by atoms with Crippen molar-refractivity contribution in [2.24, 2.45) is 0 Å². The normalized spacial score (nSPS) is 14.4. The summed E-state index contributed by atoms with van der Waals surface area (Å²) < 4.78 is 7.02. The number of halogens is 1. The molecule has 8 heteroatoms.